The second kappa shape index (κ2) is 8.95. The Balaban J connectivity index is 1.99. The van der Waals surface area contributed by atoms with Crippen molar-refractivity contribution in [2.24, 2.45) is 0 Å². The summed E-state index contributed by atoms with van der Waals surface area (Å²) < 4.78 is 10.9. The first-order valence-electron chi connectivity index (χ1n) is 7.54. The largest absolute Gasteiger partial charge is 0.494 e. The molecule has 0 saturated carbocycles. The van der Waals surface area contributed by atoms with Crippen molar-refractivity contribution in [2.75, 3.05) is 18.5 Å². The molecule has 9 heteroatoms. The summed E-state index contributed by atoms with van der Waals surface area (Å²) in [5.41, 5.74) is -0.0419. The molecule has 0 unspecified atom stereocenters. The summed E-state index contributed by atoms with van der Waals surface area (Å²) in [5, 5.41) is 13.5. The van der Waals surface area contributed by atoms with Crippen LogP contribution in [0.1, 0.15) is 17.3 Å². The maximum Gasteiger partial charge on any atom is 0.338 e. The third kappa shape index (κ3) is 5.28. The molecule has 1 N–H and O–H groups in total. The molecule has 0 bridgehead atoms. The van der Waals surface area contributed by atoms with Crippen molar-refractivity contribution < 1.29 is 24.0 Å². The molecule has 0 spiro atoms. The van der Waals surface area contributed by atoms with Gasteiger partial charge in [-0.15, -0.1) is 0 Å². The number of nitro benzene ring substituents is 1. The molecular weight excluding hydrogens is 408 g/mol. The quantitative estimate of drug-likeness (QED) is 0.415. The maximum absolute atomic E-state index is 11.9. The normalized spacial score (nSPS) is 10.1. The predicted molar refractivity (Wildman–Crippen MR) is 97.3 cm³/mol. The summed E-state index contributed by atoms with van der Waals surface area (Å²) in [5.74, 6) is -1.05. The van der Waals surface area contributed by atoms with Crippen LogP contribution in [0.4, 0.5) is 11.4 Å². The second-order valence-corrected chi connectivity index (χ2v) is 5.92. The van der Waals surface area contributed by atoms with E-state index >= 15 is 0 Å². The average molecular weight is 423 g/mol. The van der Waals surface area contributed by atoms with Crippen LogP contribution >= 0.6 is 15.9 Å². The highest BCUT2D eigenvalue weighted by molar-refractivity contribution is 9.10. The van der Waals surface area contributed by atoms with Crippen LogP contribution in [0.15, 0.2) is 46.9 Å². The molecule has 2 rings (SSSR count). The molecule has 0 aliphatic rings. The Morgan fingerprint density at radius 1 is 1.19 bits per heavy atom. The molecule has 136 valence electrons. The molecule has 8 nitrogen and oxygen atoms in total. The van der Waals surface area contributed by atoms with Gasteiger partial charge >= 0.3 is 5.97 Å². The van der Waals surface area contributed by atoms with Crippen LogP contribution in [-0.2, 0) is 9.53 Å². The van der Waals surface area contributed by atoms with E-state index in [1.54, 1.807) is 31.2 Å². The number of benzene rings is 2. The highest BCUT2D eigenvalue weighted by Crippen LogP contribution is 2.29. The minimum absolute atomic E-state index is 0.0110. The van der Waals surface area contributed by atoms with E-state index in [9.17, 15) is 19.7 Å². The van der Waals surface area contributed by atoms with Gasteiger partial charge in [0.25, 0.3) is 11.6 Å². The van der Waals surface area contributed by atoms with Gasteiger partial charge in [0.1, 0.15) is 11.4 Å². The minimum atomic E-state index is -0.692. The number of anilines is 1. The number of hydrogen-bond acceptors (Lipinski definition) is 6. The Kier molecular flexibility index (Phi) is 6.67. The molecule has 0 atom stereocenters. The van der Waals surface area contributed by atoms with Crippen molar-refractivity contribution in [2.45, 2.75) is 6.92 Å². The molecule has 0 aromatic heterocycles. The first kappa shape index (κ1) is 19.4. The van der Waals surface area contributed by atoms with Crippen LogP contribution in [0.5, 0.6) is 5.75 Å². The number of nitrogens with one attached hydrogen (secondary N) is 1. The summed E-state index contributed by atoms with van der Waals surface area (Å²) in [4.78, 5) is 34.3. The van der Waals surface area contributed by atoms with Crippen LogP contribution in [0, 0.1) is 10.1 Å². The van der Waals surface area contributed by atoms with Gasteiger partial charge in [-0.3, -0.25) is 14.9 Å². The summed E-state index contributed by atoms with van der Waals surface area (Å²) in [7, 11) is 0. The third-order valence-corrected chi connectivity index (χ3v) is 3.69. The zero-order chi connectivity index (χ0) is 19.1. The summed E-state index contributed by atoms with van der Waals surface area (Å²) in [6.07, 6.45) is 0. The lowest BCUT2D eigenvalue weighted by Gasteiger charge is -2.09. The monoisotopic (exact) mass is 422 g/mol. The van der Waals surface area contributed by atoms with Crippen LogP contribution in [0.3, 0.4) is 0 Å². The average Bonchev–Trinajstić information content (AvgIpc) is 2.61. The van der Waals surface area contributed by atoms with Gasteiger partial charge in [0, 0.05) is 4.47 Å². The first-order chi connectivity index (χ1) is 12.4. The van der Waals surface area contributed by atoms with Crippen molar-refractivity contribution in [1.29, 1.82) is 0 Å². The van der Waals surface area contributed by atoms with Gasteiger partial charge in [-0.1, -0.05) is 15.9 Å². The third-order valence-electron chi connectivity index (χ3n) is 3.17. The molecule has 0 aliphatic heterocycles. The van der Waals surface area contributed by atoms with Crippen molar-refractivity contribution in [3.8, 4) is 5.75 Å². The fourth-order valence-corrected chi connectivity index (χ4v) is 2.28. The topological polar surface area (TPSA) is 108 Å². The minimum Gasteiger partial charge on any atom is -0.494 e. The Bertz CT molecular complexity index is 823. The van der Waals surface area contributed by atoms with Crippen LogP contribution in [0.25, 0.3) is 0 Å². The van der Waals surface area contributed by atoms with E-state index < -0.39 is 23.4 Å². The lowest BCUT2D eigenvalue weighted by Crippen LogP contribution is -2.21. The second-order valence-electron chi connectivity index (χ2n) is 5.00. The lowest BCUT2D eigenvalue weighted by molar-refractivity contribution is -0.384. The number of nitrogens with zero attached hydrogens (tertiary/aromatic N) is 1. The number of rotatable bonds is 7. The van der Waals surface area contributed by atoms with E-state index in [2.05, 4.69) is 21.2 Å². The fourth-order valence-electron chi connectivity index (χ4n) is 2.01. The summed E-state index contributed by atoms with van der Waals surface area (Å²) in [6, 6.07) is 10.5. The first-order valence-corrected chi connectivity index (χ1v) is 8.33. The fraction of sp³-hybridized carbons (Fsp3) is 0.176. The van der Waals surface area contributed by atoms with Gasteiger partial charge in [0.15, 0.2) is 6.61 Å². The van der Waals surface area contributed by atoms with Gasteiger partial charge in [0.2, 0.25) is 0 Å². The van der Waals surface area contributed by atoms with E-state index in [0.717, 1.165) is 4.47 Å². The molecule has 0 saturated heterocycles. The number of ether oxygens (including phenoxy) is 2. The van der Waals surface area contributed by atoms with E-state index in [0.29, 0.717) is 12.4 Å². The lowest BCUT2D eigenvalue weighted by atomic mass is 10.2. The number of carbonyl (C=O) groups is 2. The van der Waals surface area contributed by atoms with E-state index in [-0.39, 0.29) is 16.9 Å². The smallest absolute Gasteiger partial charge is 0.338 e. The standard InChI is InChI=1S/C17H15BrN2O6/c1-2-25-13-7-8-14(15(9-13)20(23)24)19-16(21)10-26-17(22)11-3-5-12(18)6-4-11/h3-9H,2,10H2,1H3,(H,19,21). The van der Waals surface area contributed by atoms with Crippen molar-refractivity contribution >= 4 is 39.2 Å². The zero-order valence-electron chi connectivity index (χ0n) is 13.7. The molecule has 2 aromatic rings. The van der Waals surface area contributed by atoms with Gasteiger partial charge < -0.3 is 14.8 Å². The Labute approximate surface area is 157 Å². The summed E-state index contributed by atoms with van der Waals surface area (Å²) in [6.45, 7) is 1.54. The van der Waals surface area contributed by atoms with Crippen LogP contribution in [0.2, 0.25) is 0 Å². The number of carbonyl (C=O) groups excluding carboxylic acids is 2. The molecule has 0 fully saturated rings. The van der Waals surface area contributed by atoms with Crippen molar-refractivity contribution in [3.63, 3.8) is 0 Å². The zero-order valence-corrected chi connectivity index (χ0v) is 15.3. The van der Waals surface area contributed by atoms with E-state index in [4.69, 9.17) is 9.47 Å². The number of esters is 1. The van der Waals surface area contributed by atoms with E-state index in [1.807, 2.05) is 0 Å². The summed E-state index contributed by atoms with van der Waals surface area (Å²) >= 11 is 3.25. The molecule has 1 amide bonds. The number of nitro groups is 1. The predicted octanol–water partition coefficient (Wildman–Crippen LogP) is 3.55. The van der Waals surface area contributed by atoms with Crippen LogP contribution in [-0.4, -0.2) is 30.0 Å². The number of amides is 1. The van der Waals surface area contributed by atoms with Crippen molar-refractivity contribution in [3.05, 3.63) is 62.6 Å². The molecule has 0 aliphatic carbocycles. The molecule has 0 radical (unpaired) electrons. The van der Waals surface area contributed by atoms with Gasteiger partial charge in [0.05, 0.1) is 23.2 Å². The molecule has 0 heterocycles. The van der Waals surface area contributed by atoms with Crippen LogP contribution < -0.4 is 10.1 Å². The maximum atomic E-state index is 11.9. The number of halogens is 1. The SMILES string of the molecule is CCOc1ccc(NC(=O)COC(=O)c2ccc(Br)cc2)c([N+](=O)[O-])c1. The highest BCUT2D eigenvalue weighted by Gasteiger charge is 2.18. The Morgan fingerprint density at radius 2 is 1.88 bits per heavy atom. The molecule has 2 aromatic carbocycles. The molecule has 26 heavy (non-hydrogen) atoms. The number of hydrogen-bond donors (Lipinski definition) is 1. The van der Waals surface area contributed by atoms with Crippen molar-refractivity contribution in [1.82, 2.24) is 0 Å². The Hall–Kier alpha value is -2.94. The van der Waals surface area contributed by atoms with Gasteiger partial charge in [-0.05, 0) is 43.3 Å². The van der Waals surface area contributed by atoms with Gasteiger partial charge in [-0.25, -0.2) is 4.79 Å². The van der Waals surface area contributed by atoms with E-state index in [1.165, 1.54) is 18.2 Å². The van der Waals surface area contributed by atoms with Gasteiger partial charge in [-0.2, -0.15) is 0 Å². The molecular formula is C17H15BrN2O6. The Morgan fingerprint density at radius 3 is 2.50 bits per heavy atom. The highest BCUT2D eigenvalue weighted by atomic mass is 79.9.